The molecule has 12 nitrogen and oxygen atoms in total. The number of carbonyl (C=O) groups is 1. The average molecular weight is 523 g/mol. The van der Waals surface area contributed by atoms with Gasteiger partial charge in [0, 0.05) is 38.9 Å². The Morgan fingerprint density at radius 3 is 2.79 bits per heavy atom. The number of aromatic nitrogens is 7. The highest BCUT2D eigenvalue weighted by Crippen LogP contribution is 2.31. The maximum atomic E-state index is 11.9. The number of hydrogen-bond donors (Lipinski definition) is 1. The van der Waals surface area contributed by atoms with Crippen molar-refractivity contribution < 1.29 is 9.53 Å². The van der Waals surface area contributed by atoms with E-state index in [9.17, 15) is 4.79 Å². The number of carbonyl (C=O) groups excluding carboxylic acids is 1. The van der Waals surface area contributed by atoms with Gasteiger partial charge in [-0.1, -0.05) is 11.8 Å². The zero-order valence-electron chi connectivity index (χ0n) is 21.7. The molecule has 0 unspecified atom stereocenters. The molecule has 1 fully saturated rings. The molecule has 1 aliphatic heterocycles. The van der Waals surface area contributed by atoms with Gasteiger partial charge in [-0.05, 0) is 48.9 Å². The zero-order chi connectivity index (χ0) is 27.1. The van der Waals surface area contributed by atoms with E-state index in [1.165, 1.54) is 12.4 Å². The molecule has 1 amide bonds. The number of benzene rings is 2. The van der Waals surface area contributed by atoms with E-state index in [1.807, 2.05) is 55.3 Å². The first-order chi connectivity index (χ1) is 18.9. The second-order valence-electron chi connectivity index (χ2n) is 9.41. The molecule has 1 saturated heterocycles. The molecule has 2 aromatic carbocycles. The topological polar surface area (TPSA) is 127 Å². The molecule has 5 aromatic rings. The minimum absolute atomic E-state index is 0.0886. The van der Waals surface area contributed by atoms with Crippen molar-refractivity contribution in [1.82, 2.24) is 39.8 Å². The number of amides is 1. The summed E-state index contributed by atoms with van der Waals surface area (Å²) in [6.07, 6.45) is 4.49. The standard InChI is InChI=1S/C27H26N10O2/c1-5-24(38)35(3)18-13-37(14-18)27-28-12-21-25(32-27)26(30-15-29-21)31-17-6-9-23(16(2)10-17)39-19-7-8-22-20(11-19)33-34-36(22)4/h5-12,15,18H,1,13-14H2,2-4H3,(H,29,30,31). The molecule has 12 heteroatoms. The van der Waals surface area contributed by atoms with Crippen molar-refractivity contribution in [1.29, 1.82) is 0 Å². The summed E-state index contributed by atoms with van der Waals surface area (Å²) in [5.41, 5.74) is 4.72. The van der Waals surface area contributed by atoms with Crippen LogP contribution in [-0.2, 0) is 11.8 Å². The second kappa shape index (κ2) is 9.63. The summed E-state index contributed by atoms with van der Waals surface area (Å²) in [6.45, 7) is 6.82. The van der Waals surface area contributed by atoms with E-state index in [0.29, 0.717) is 41.6 Å². The van der Waals surface area contributed by atoms with Gasteiger partial charge in [-0.3, -0.25) is 4.79 Å². The number of anilines is 3. The molecule has 6 rings (SSSR count). The van der Waals surface area contributed by atoms with Crippen LogP contribution in [0.2, 0.25) is 0 Å². The van der Waals surface area contributed by atoms with Crippen molar-refractivity contribution in [2.45, 2.75) is 13.0 Å². The zero-order valence-corrected chi connectivity index (χ0v) is 21.7. The highest BCUT2D eigenvalue weighted by Gasteiger charge is 2.33. The number of aryl methyl sites for hydroxylation is 2. The minimum Gasteiger partial charge on any atom is -0.457 e. The summed E-state index contributed by atoms with van der Waals surface area (Å²) < 4.78 is 7.85. The molecule has 0 aliphatic carbocycles. The molecule has 39 heavy (non-hydrogen) atoms. The number of hydrogen-bond acceptors (Lipinski definition) is 10. The Morgan fingerprint density at radius 2 is 2.00 bits per heavy atom. The highest BCUT2D eigenvalue weighted by atomic mass is 16.5. The van der Waals surface area contributed by atoms with Gasteiger partial charge in [0.25, 0.3) is 0 Å². The minimum atomic E-state index is -0.0998. The lowest BCUT2D eigenvalue weighted by Gasteiger charge is -2.43. The fraction of sp³-hybridized carbons (Fsp3) is 0.222. The van der Waals surface area contributed by atoms with Crippen LogP contribution in [0.25, 0.3) is 22.1 Å². The molecule has 196 valence electrons. The van der Waals surface area contributed by atoms with Crippen molar-refractivity contribution in [3.05, 3.63) is 67.1 Å². The molecule has 1 aliphatic rings. The third kappa shape index (κ3) is 4.56. The van der Waals surface area contributed by atoms with Crippen LogP contribution < -0.4 is 15.0 Å². The smallest absolute Gasteiger partial charge is 0.246 e. The van der Waals surface area contributed by atoms with Crippen LogP contribution in [0, 0.1) is 6.92 Å². The third-order valence-electron chi connectivity index (χ3n) is 6.83. The van der Waals surface area contributed by atoms with Crippen molar-refractivity contribution >= 4 is 45.4 Å². The van der Waals surface area contributed by atoms with Gasteiger partial charge in [0.2, 0.25) is 11.9 Å². The molecule has 4 heterocycles. The van der Waals surface area contributed by atoms with E-state index in [-0.39, 0.29) is 11.9 Å². The van der Waals surface area contributed by atoms with E-state index in [2.05, 4.69) is 37.2 Å². The number of fused-ring (bicyclic) bond motifs is 2. The molecule has 0 radical (unpaired) electrons. The number of ether oxygens (including phenoxy) is 1. The van der Waals surface area contributed by atoms with Gasteiger partial charge in [-0.2, -0.15) is 0 Å². The van der Waals surface area contributed by atoms with Crippen molar-refractivity contribution in [3.8, 4) is 11.5 Å². The Kier molecular flexibility index (Phi) is 5.98. The number of nitrogens with one attached hydrogen (secondary N) is 1. The largest absolute Gasteiger partial charge is 0.457 e. The predicted molar refractivity (Wildman–Crippen MR) is 147 cm³/mol. The summed E-state index contributed by atoms with van der Waals surface area (Å²) >= 11 is 0. The maximum absolute atomic E-state index is 11.9. The van der Waals surface area contributed by atoms with Gasteiger partial charge < -0.3 is 19.9 Å². The molecule has 3 aromatic heterocycles. The van der Waals surface area contributed by atoms with Crippen LogP contribution in [0.1, 0.15) is 5.56 Å². The highest BCUT2D eigenvalue weighted by molar-refractivity contribution is 5.88. The second-order valence-corrected chi connectivity index (χ2v) is 9.41. The van der Waals surface area contributed by atoms with Crippen molar-refractivity contribution in [2.75, 3.05) is 30.4 Å². The third-order valence-corrected chi connectivity index (χ3v) is 6.83. The SMILES string of the molecule is C=CC(=O)N(C)C1CN(c2ncc3ncnc(Nc4ccc(Oc5ccc6c(c5)nnn6C)c(C)c4)c3n2)C1. The Balaban J connectivity index is 1.19. The first-order valence-corrected chi connectivity index (χ1v) is 12.4. The molecule has 1 N–H and O–H groups in total. The molecule has 0 spiro atoms. The molecule has 0 saturated carbocycles. The molecular formula is C27H26N10O2. The van der Waals surface area contributed by atoms with Crippen LogP contribution >= 0.6 is 0 Å². The van der Waals surface area contributed by atoms with Crippen LogP contribution in [-0.4, -0.2) is 71.9 Å². The predicted octanol–water partition coefficient (Wildman–Crippen LogP) is 3.38. The summed E-state index contributed by atoms with van der Waals surface area (Å²) in [5, 5.41) is 11.6. The molecule has 0 bridgehead atoms. The van der Waals surface area contributed by atoms with E-state index in [1.54, 1.807) is 22.8 Å². The van der Waals surface area contributed by atoms with Crippen LogP contribution in [0.4, 0.5) is 17.5 Å². The van der Waals surface area contributed by atoms with Gasteiger partial charge in [-0.15, -0.1) is 5.10 Å². The van der Waals surface area contributed by atoms with E-state index >= 15 is 0 Å². The number of nitrogens with zero attached hydrogens (tertiary/aromatic N) is 9. The van der Waals surface area contributed by atoms with Crippen LogP contribution in [0.5, 0.6) is 11.5 Å². The lowest BCUT2D eigenvalue weighted by molar-refractivity contribution is -0.127. The lowest BCUT2D eigenvalue weighted by Crippen LogP contribution is -2.60. The van der Waals surface area contributed by atoms with Gasteiger partial charge in [-0.25, -0.2) is 24.6 Å². The maximum Gasteiger partial charge on any atom is 0.246 e. The van der Waals surface area contributed by atoms with Gasteiger partial charge in [0.05, 0.1) is 17.8 Å². The Bertz CT molecular complexity index is 1730. The van der Waals surface area contributed by atoms with Crippen LogP contribution in [0.3, 0.4) is 0 Å². The first-order valence-electron chi connectivity index (χ1n) is 12.4. The average Bonchev–Trinajstić information content (AvgIpc) is 3.29. The first kappa shape index (κ1) is 24.2. The number of rotatable bonds is 7. The Morgan fingerprint density at radius 1 is 1.15 bits per heavy atom. The summed E-state index contributed by atoms with van der Waals surface area (Å²) in [6, 6.07) is 11.6. The van der Waals surface area contributed by atoms with Gasteiger partial charge >= 0.3 is 0 Å². The van der Waals surface area contributed by atoms with E-state index in [0.717, 1.165) is 28.0 Å². The fourth-order valence-electron chi connectivity index (χ4n) is 4.47. The van der Waals surface area contributed by atoms with Crippen molar-refractivity contribution in [2.24, 2.45) is 7.05 Å². The number of likely N-dealkylation sites (N-methyl/N-ethyl adjacent to an activating group) is 1. The van der Waals surface area contributed by atoms with Gasteiger partial charge in [0.15, 0.2) is 5.82 Å². The van der Waals surface area contributed by atoms with Gasteiger partial charge in [0.1, 0.15) is 34.4 Å². The molecular weight excluding hydrogens is 496 g/mol. The van der Waals surface area contributed by atoms with E-state index < -0.39 is 0 Å². The summed E-state index contributed by atoms with van der Waals surface area (Å²) in [4.78, 5) is 33.5. The lowest BCUT2D eigenvalue weighted by atomic mass is 10.1. The Hall–Kier alpha value is -5.13. The molecule has 0 atom stereocenters. The summed E-state index contributed by atoms with van der Waals surface area (Å²) in [7, 11) is 3.63. The van der Waals surface area contributed by atoms with E-state index in [4.69, 9.17) is 9.72 Å². The van der Waals surface area contributed by atoms with Crippen molar-refractivity contribution in [3.63, 3.8) is 0 Å². The monoisotopic (exact) mass is 522 g/mol. The Labute approximate surface area is 224 Å². The normalized spacial score (nSPS) is 13.4. The quantitative estimate of drug-likeness (QED) is 0.318. The fourth-order valence-corrected chi connectivity index (χ4v) is 4.47. The summed E-state index contributed by atoms with van der Waals surface area (Å²) in [5.74, 6) is 2.45. The van der Waals surface area contributed by atoms with Crippen LogP contribution in [0.15, 0.2) is 61.6 Å².